The van der Waals surface area contributed by atoms with E-state index in [2.05, 4.69) is 5.09 Å². The van der Waals surface area contributed by atoms with Crippen LogP contribution in [0, 0.1) is 0 Å². The highest BCUT2D eigenvalue weighted by Gasteiger charge is 2.55. The topological polar surface area (TPSA) is 158 Å². The first-order valence-corrected chi connectivity index (χ1v) is 12.1. The zero-order chi connectivity index (χ0) is 27.5. The third kappa shape index (κ3) is 6.24. The Hall–Kier alpha value is -2.83. The Kier molecular flexibility index (Phi) is 7.40. The number of nitrogens with one attached hydrogen (secondary N) is 2. The molecule has 1 aliphatic heterocycles. The third-order valence-corrected chi connectivity index (χ3v) is 6.69. The van der Waals surface area contributed by atoms with Gasteiger partial charge in [0.1, 0.15) is 24.0 Å². The highest BCUT2D eigenvalue weighted by Crippen LogP contribution is 2.47. The SMILES string of the molecule is [2H]c1c([2H])n([C@@H]2O[C@H](COP(=O)(NC(C)C(=O)OCC)Oc3ccccc3)[C@@H](O)[C@@]2(C)F)c(=O)[nH]c1=O. The number of rotatable bonds is 10. The molecule has 0 saturated carbocycles. The normalized spacial score (nSPS) is 27.4. The molecule has 1 aromatic carbocycles. The number of aromatic amines is 1. The van der Waals surface area contributed by atoms with E-state index in [9.17, 15) is 24.1 Å². The number of nitrogens with zero attached hydrogens (tertiary/aromatic N) is 1. The van der Waals surface area contributed by atoms with Gasteiger partial charge in [0.15, 0.2) is 11.9 Å². The van der Waals surface area contributed by atoms with Crippen molar-refractivity contribution in [1.82, 2.24) is 14.6 Å². The first-order chi connectivity index (χ1) is 17.3. The molecule has 0 spiro atoms. The summed E-state index contributed by atoms with van der Waals surface area (Å²) >= 11 is 0. The van der Waals surface area contributed by atoms with Crippen LogP contribution >= 0.6 is 7.75 Å². The molecule has 2 heterocycles. The van der Waals surface area contributed by atoms with Gasteiger partial charge >= 0.3 is 19.4 Å². The lowest BCUT2D eigenvalue weighted by atomic mass is 9.98. The number of carbonyl (C=O) groups is 1. The number of benzene rings is 1. The molecular weight excluding hydrogens is 488 g/mol. The molecule has 0 radical (unpaired) electrons. The fraction of sp³-hybridized carbons (Fsp3) is 0.476. The Morgan fingerprint density at radius 1 is 1.43 bits per heavy atom. The summed E-state index contributed by atoms with van der Waals surface area (Å²) in [6.45, 7) is 3.15. The summed E-state index contributed by atoms with van der Waals surface area (Å²) in [6, 6.07) is 5.75. The number of aromatic nitrogens is 2. The molecule has 35 heavy (non-hydrogen) atoms. The maximum atomic E-state index is 15.6. The molecular formula is C21H27FN3O9P. The number of hydrogen-bond donors (Lipinski definition) is 3. The van der Waals surface area contributed by atoms with E-state index in [1.54, 1.807) is 30.1 Å². The second-order valence-corrected chi connectivity index (χ2v) is 9.48. The molecule has 2 aromatic rings. The van der Waals surface area contributed by atoms with Crippen LogP contribution in [-0.2, 0) is 23.4 Å². The van der Waals surface area contributed by atoms with Crippen molar-refractivity contribution >= 4 is 13.7 Å². The first kappa shape index (κ1) is 23.9. The van der Waals surface area contributed by atoms with E-state index in [0.717, 1.165) is 6.92 Å². The van der Waals surface area contributed by atoms with Crippen molar-refractivity contribution in [2.75, 3.05) is 13.2 Å². The molecule has 0 bridgehead atoms. The molecule has 1 saturated heterocycles. The molecule has 6 atom stereocenters. The fourth-order valence-corrected chi connectivity index (χ4v) is 4.78. The molecule has 12 nitrogen and oxygen atoms in total. The van der Waals surface area contributed by atoms with Crippen LogP contribution in [0.2, 0.25) is 0 Å². The van der Waals surface area contributed by atoms with E-state index in [-0.39, 0.29) is 12.4 Å². The Balaban J connectivity index is 1.85. The molecule has 3 N–H and O–H groups in total. The lowest BCUT2D eigenvalue weighted by Crippen LogP contribution is -2.43. The highest BCUT2D eigenvalue weighted by molar-refractivity contribution is 7.52. The van der Waals surface area contributed by atoms with Crippen molar-refractivity contribution in [3.8, 4) is 5.75 Å². The monoisotopic (exact) mass is 517 g/mol. The Morgan fingerprint density at radius 2 is 2.11 bits per heavy atom. The van der Waals surface area contributed by atoms with E-state index >= 15 is 4.39 Å². The minimum atomic E-state index is -4.37. The minimum absolute atomic E-state index is 0.0657. The van der Waals surface area contributed by atoms with Crippen molar-refractivity contribution < 1.29 is 40.1 Å². The summed E-state index contributed by atoms with van der Waals surface area (Å²) in [5.41, 5.74) is -5.07. The van der Waals surface area contributed by atoms with E-state index < -0.39 is 73.9 Å². The summed E-state index contributed by atoms with van der Waals surface area (Å²) < 4.78 is 66.2. The predicted octanol–water partition coefficient (Wildman–Crippen LogP) is 1.27. The van der Waals surface area contributed by atoms with Gasteiger partial charge in [-0.15, -0.1) is 0 Å². The molecule has 1 fully saturated rings. The van der Waals surface area contributed by atoms with Gasteiger partial charge in [-0.05, 0) is 32.9 Å². The van der Waals surface area contributed by atoms with Crippen LogP contribution in [0.3, 0.4) is 0 Å². The number of aliphatic hydroxyl groups excluding tert-OH is 1. The molecule has 1 aromatic heterocycles. The minimum Gasteiger partial charge on any atom is -0.465 e. The number of aliphatic hydroxyl groups is 1. The van der Waals surface area contributed by atoms with E-state index in [0.29, 0.717) is 4.57 Å². The highest BCUT2D eigenvalue weighted by atomic mass is 31.2. The Morgan fingerprint density at radius 3 is 2.77 bits per heavy atom. The maximum absolute atomic E-state index is 15.6. The summed E-state index contributed by atoms with van der Waals surface area (Å²) in [5.74, 6) is -0.639. The second-order valence-electron chi connectivity index (χ2n) is 7.79. The molecule has 0 amide bonds. The third-order valence-electron chi connectivity index (χ3n) is 5.05. The Bertz CT molecular complexity index is 1290. The Labute approximate surface area is 202 Å². The summed E-state index contributed by atoms with van der Waals surface area (Å²) in [6.07, 6.45) is -6.37. The van der Waals surface area contributed by atoms with Gasteiger partial charge in [0, 0.05) is 12.2 Å². The van der Waals surface area contributed by atoms with Crippen LogP contribution in [-0.4, -0.2) is 57.8 Å². The van der Waals surface area contributed by atoms with Crippen LogP contribution < -0.4 is 20.9 Å². The van der Waals surface area contributed by atoms with Crippen LogP contribution in [0.1, 0.15) is 29.7 Å². The van der Waals surface area contributed by atoms with Gasteiger partial charge in [-0.1, -0.05) is 18.2 Å². The summed E-state index contributed by atoms with van der Waals surface area (Å²) in [7, 11) is -4.37. The van der Waals surface area contributed by atoms with Crippen LogP contribution in [0.25, 0.3) is 0 Å². The van der Waals surface area contributed by atoms with Crippen molar-refractivity contribution in [3.05, 3.63) is 63.4 Å². The number of esters is 1. The van der Waals surface area contributed by atoms with Crippen molar-refractivity contribution in [2.45, 2.75) is 50.9 Å². The lowest BCUT2D eigenvalue weighted by molar-refractivity contribution is -0.144. The molecule has 3 rings (SSSR count). The number of halogens is 1. The largest absolute Gasteiger partial charge is 0.465 e. The van der Waals surface area contributed by atoms with Crippen molar-refractivity contribution in [3.63, 3.8) is 0 Å². The number of alkyl halides is 1. The van der Waals surface area contributed by atoms with Crippen LogP contribution in [0.5, 0.6) is 5.75 Å². The average Bonchev–Trinajstić information content (AvgIpc) is 3.05. The zero-order valence-electron chi connectivity index (χ0n) is 21.1. The van der Waals surface area contributed by atoms with Gasteiger partial charge in [0.25, 0.3) is 5.56 Å². The van der Waals surface area contributed by atoms with Gasteiger partial charge in [-0.3, -0.25) is 23.7 Å². The van der Waals surface area contributed by atoms with E-state index in [1.165, 1.54) is 19.1 Å². The zero-order valence-corrected chi connectivity index (χ0v) is 20.0. The molecule has 2 unspecified atom stereocenters. The number of para-hydroxylation sites is 1. The van der Waals surface area contributed by atoms with Crippen molar-refractivity contribution in [2.24, 2.45) is 0 Å². The fourth-order valence-electron chi connectivity index (χ4n) is 3.28. The maximum Gasteiger partial charge on any atom is 0.459 e. The molecule has 0 aliphatic carbocycles. The first-order valence-electron chi connectivity index (χ1n) is 11.6. The smallest absolute Gasteiger partial charge is 0.459 e. The van der Waals surface area contributed by atoms with Gasteiger partial charge in [0.2, 0.25) is 0 Å². The van der Waals surface area contributed by atoms with Crippen molar-refractivity contribution in [1.29, 1.82) is 0 Å². The number of H-pyrrole nitrogens is 1. The second kappa shape index (κ2) is 10.8. The standard InChI is InChI=1S/C21H27FN3O9P/c1-4-31-18(28)13(2)24-35(30,34-14-8-6-5-7-9-14)32-12-15-17(27)21(3,22)19(33-15)25-11-10-16(26)23-20(25)29/h5-11,13,15,17,19,27H,4,12H2,1-3H3,(H,24,30)(H,23,26,29)/t13?,15-,17-,19-,21-,35?/m1/s1/i10D,11D. The lowest BCUT2D eigenvalue weighted by Gasteiger charge is -2.25. The molecule has 192 valence electrons. The number of hydrogen-bond acceptors (Lipinski definition) is 9. The quantitative estimate of drug-likeness (QED) is 0.310. The van der Waals surface area contributed by atoms with Gasteiger partial charge in [-0.2, -0.15) is 5.09 Å². The van der Waals surface area contributed by atoms with Gasteiger partial charge in [0.05, 0.1) is 16.0 Å². The predicted molar refractivity (Wildman–Crippen MR) is 121 cm³/mol. The number of ether oxygens (including phenoxy) is 2. The molecule has 14 heteroatoms. The summed E-state index contributed by atoms with van der Waals surface area (Å²) in [4.78, 5) is 37.7. The average molecular weight is 517 g/mol. The molecule has 1 aliphatic rings. The van der Waals surface area contributed by atoms with Gasteiger partial charge < -0.3 is 19.1 Å². The van der Waals surface area contributed by atoms with Gasteiger partial charge in [-0.25, -0.2) is 13.8 Å². The van der Waals surface area contributed by atoms with Crippen LogP contribution in [0.15, 0.2) is 52.1 Å². The van der Waals surface area contributed by atoms with E-state index in [1.807, 2.05) is 0 Å². The number of carbonyl (C=O) groups excluding carboxylic acids is 1. The van der Waals surface area contributed by atoms with E-state index in [4.69, 9.17) is 21.3 Å². The van der Waals surface area contributed by atoms with Crippen LogP contribution in [0.4, 0.5) is 4.39 Å². The summed E-state index contributed by atoms with van der Waals surface area (Å²) in [5, 5.41) is 13.0.